The summed E-state index contributed by atoms with van der Waals surface area (Å²) in [5, 5.41) is 19.4. The summed E-state index contributed by atoms with van der Waals surface area (Å²) in [6.45, 7) is 0.715. The van der Waals surface area contributed by atoms with Crippen LogP contribution in [0.25, 0.3) is 15.9 Å². The van der Waals surface area contributed by atoms with Crippen LogP contribution in [-0.2, 0) is 6.42 Å². The second kappa shape index (κ2) is 7.43. The zero-order chi connectivity index (χ0) is 18.6. The summed E-state index contributed by atoms with van der Waals surface area (Å²) in [5.74, 6) is 1.22. The van der Waals surface area contributed by atoms with Gasteiger partial charge in [0.2, 0.25) is 0 Å². The third-order valence-electron chi connectivity index (χ3n) is 4.23. The third kappa shape index (κ3) is 3.32. The Morgan fingerprint density at radius 2 is 2.04 bits per heavy atom. The molecule has 0 spiro atoms. The van der Waals surface area contributed by atoms with Crippen LogP contribution in [0, 0.1) is 11.3 Å². The van der Waals surface area contributed by atoms with Crippen LogP contribution in [0.4, 0.5) is 11.6 Å². The van der Waals surface area contributed by atoms with Crippen LogP contribution in [0.15, 0.2) is 48.1 Å². The van der Waals surface area contributed by atoms with Gasteiger partial charge < -0.3 is 11.1 Å². The SMILES string of the molecule is N#Cc1c(CCCNc2ncnc3ccsc23)nn(-c2ccccc2)c1N. The Morgan fingerprint density at radius 1 is 1.19 bits per heavy atom. The Morgan fingerprint density at radius 3 is 2.85 bits per heavy atom. The fourth-order valence-electron chi connectivity index (χ4n) is 2.92. The van der Waals surface area contributed by atoms with Crippen LogP contribution in [0.2, 0.25) is 0 Å². The van der Waals surface area contributed by atoms with Crippen molar-refractivity contribution in [2.45, 2.75) is 12.8 Å². The molecule has 0 atom stereocenters. The number of hydrogen-bond acceptors (Lipinski definition) is 7. The first-order valence-electron chi connectivity index (χ1n) is 8.53. The number of rotatable bonds is 6. The molecule has 1 aromatic carbocycles. The molecule has 0 unspecified atom stereocenters. The van der Waals surface area contributed by atoms with E-state index in [0.717, 1.165) is 28.1 Å². The molecule has 3 heterocycles. The van der Waals surface area contributed by atoms with Crippen molar-refractivity contribution < 1.29 is 0 Å². The summed E-state index contributed by atoms with van der Waals surface area (Å²) in [4.78, 5) is 8.55. The first-order chi connectivity index (χ1) is 13.3. The van der Waals surface area contributed by atoms with Gasteiger partial charge in [0.25, 0.3) is 0 Å². The van der Waals surface area contributed by atoms with Crippen LogP contribution >= 0.6 is 11.3 Å². The minimum atomic E-state index is 0.378. The maximum Gasteiger partial charge on any atom is 0.147 e. The molecular formula is C19H17N7S. The van der Waals surface area contributed by atoms with E-state index in [4.69, 9.17) is 5.73 Å². The van der Waals surface area contributed by atoms with Gasteiger partial charge in [-0.1, -0.05) is 18.2 Å². The molecule has 4 aromatic rings. The molecule has 7 nitrogen and oxygen atoms in total. The Labute approximate surface area is 160 Å². The van der Waals surface area contributed by atoms with Crippen molar-refractivity contribution >= 4 is 33.2 Å². The molecule has 4 rings (SSSR count). The number of anilines is 2. The first kappa shape index (κ1) is 17.0. The molecule has 0 amide bonds. The molecule has 0 radical (unpaired) electrons. The lowest BCUT2D eigenvalue weighted by atomic mass is 10.1. The molecule has 3 N–H and O–H groups in total. The van der Waals surface area contributed by atoms with E-state index in [0.29, 0.717) is 30.0 Å². The zero-order valence-corrected chi connectivity index (χ0v) is 15.3. The van der Waals surface area contributed by atoms with Crippen molar-refractivity contribution in [3.63, 3.8) is 0 Å². The molecule has 0 bridgehead atoms. The van der Waals surface area contributed by atoms with Crippen LogP contribution in [0.5, 0.6) is 0 Å². The minimum absolute atomic E-state index is 0.378. The average Bonchev–Trinajstić information content (AvgIpc) is 3.30. The molecular weight excluding hydrogens is 358 g/mol. The van der Waals surface area contributed by atoms with E-state index in [1.54, 1.807) is 22.3 Å². The number of hydrogen-bond donors (Lipinski definition) is 2. The number of nitrogens with one attached hydrogen (secondary N) is 1. The monoisotopic (exact) mass is 375 g/mol. The quantitative estimate of drug-likeness (QED) is 0.501. The van der Waals surface area contributed by atoms with E-state index >= 15 is 0 Å². The van der Waals surface area contributed by atoms with E-state index in [1.807, 2.05) is 41.8 Å². The normalized spacial score (nSPS) is 10.8. The van der Waals surface area contributed by atoms with Gasteiger partial charge in [-0.2, -0.15) is 10.4 Å². The second-order valence-electron chi connectivity index (χ2n) is 5.95. The minimum Gasteiger partial charge on any atom is -0.382 e. The van der Waals surface area contributed by atoms with Gasteiger partial charge in [-0.25, -0.2) is 14.6 Å². The van der Waals surface area contributed by atoms with Gasteiger partial charge in [-0.3, -0.25) is 0 Å². The van der Waals surface area contributed by atoms with Crippen LogP contribution in [-0.4, -0.2) is 26.3 Å². The van der Waals surface area contributed by atoms with Gasteiger partial charge in [0.05, 0.1) is 21.6 Å². The van der Waals surface area contributed by atoms with E-state index < -0.39 is 0 Å². The van der Waals surface area contributed by atoms with Gasteiger partial charge in [0, 0.05) is 6.54 Å². The maximum absolute atomic E-state index is 9.47. The number of aryl methyl sites for hydroxylation is 1. The number of nitriles is 1. The van der Waals surface area contributed by atoms with Crippen LogP contribution in [0.3, 0.4) is 0 Å². The summed E-state index contributed by atoms with van der Waals surface area (Å²) in [7, 11) is 0. The summed E-state index contributed by atoms with van der Waals surface area (Å²) >= 11 is 1.61. The van der Waals surface area contributed by atoms with E-state index in [-0.39, 0.29) is 0 Å². The van der Waals surface area contributed by atoms with E-state index in [2.05, 4.69) is 26.5 Å². The highest BCUT2D eigenvalue weighted by Crippen LogP contribution is 2.25. The molecule has 134 valence electrons. The van der Waals surface area contributed by atoms with Gasteiger partial charge >= 0.3 is 0 Å². The number of nitrogen functional groups attached to an aromatic ring is 1. The lowest BCUT2D eigenvalue weighted by Gasteiger charge is -2.05. The van der Waals surface area contributed by atoms with Crippen molar-refractivity contribution in [1.82, 2.24) is 19.7 Å². The molecule has 0 aliphatic heterocycles. The molecule has 3 aromatic heterocycles. The predicted octanol–water partition coefficient (Wildman–Crippen LogP) is 3.38. The van der Waals surface area contributed by atoms with Crippen molar-refractivity contribution in [1.29, 1.82) is 5.26 Å². The third-order valence-corrected chi connectivity index (χ3v) is 5.14. The van der Waals surface area contributed by atoms with Gasteiger partial charge in [0.1, 0.15) is 29.6 Å². The van der Waals surface area contributed by atoms with Crippen molar-refractivity contribution in [2.24, 2.45) is 0 Å². The number of benzene rings is 1. The lowest BCUT2D eigenvalue weighted by molar-refractivity contribution is 0.789. The predicted molar refractivity (Wildman–Crippen MR) is 107 cm³/mol. The van der Waals surface area contributed by atoms with Gasteiger partial charge in [-0.15, -0.1) is 11.3 Å². The number of nitrogens with zero attached hydrogens (tertiary/aromatic N) is 5. The van der Waals surface area contributed by atoms with Gasteiger partial charge in [-0.05, 0) is 36.4 Å². The molecule has 0 fully saturated rings. The topological polar surface area (TPSA) is 105 Å². The van der Waals surface area contributed by atoms with Crippen LogP contribution in [0.1, 0.15) is 17.7 Å². The van der Waals surface area contributed by atoms with Crippen molar-refractivity contribution in [2.75, 3.05) is 17.6 Å². The fraction of sp³-hybridized carbons (Fsp3) is 0.158. The highest BCUT2D eigenvalue weighted by Gasteiger charge is 2.16. The summed E-state index contributed by atoms with van der Waals surface area (Å²) < 4.78 is 2.67. The molecule has 8 heteroatoms. The Balaban J connectivity index is 1.46. The Hall–Kier alpha value is -3.44. The number of nitrogens with two attached hydrogens (primary N) is 1. The van der Waals surface area contributed by atoms with Gasteiger partial charge in [0.15, 0.2) is 0 Å². The molecule has 27 heavy (non-hydrogen) atoms. The van der Waals surface area contributed by atoms with E-state index in [1.165, 1.54) is 0 Å². The summed E-state index contributed by atoms with van der Waals surface area (Å²) in [6.07, 6.45) is 3.02. The lowest BCUT2D eigenvalue weighted by Crippen LogP contribution is -2.06. The molecule has 0 saturated heterocycles. The molecule has 0 aliphatic carbocycles. The number of aromatic nitrogens is 4. The Kier molecular flexibility index (Phi) is 4.68. The van der Waals surface area contributed by atoms with Crippen molar-refractivity contribution in [3.8, 4) is 11.8 Å². The van der Waals surface area contributed by atoms with Crippen LogP contribution < -0.4 is 11.1 Å². The summed E-state index contributed by atoms with van der Waals surface area (Å²) in [5.41, 5.74) is 9.09. The zero-order valence-electron chi connectivity index (χ0n) is 14.5. The number of fused-ring (bicyclic) bond motifs is 1. The smallest absolute Gasteiger partial charge is 0.147 e. The number of thiophene rings is 1. The fourth-order valence-corrected chi connectivity index (χ4v) is 3.73. The highest BCUT2D eigenvalue weighted by molar-refractivity contribution is 7.17. The Bertz CT molecular complexity index is 1110. The second-order valence-corrected chi connectivity index (χ2v) is 6.87. The summed E-state index contributed by atoms with van der Waals surface area (Å²) in [6, 6.07) is 13.8. The highest BCUT2D eigenvalue weighted by atomic mass is 32.1. The molecule has 0 saturated carbocycles. The maximum atomic E-state index is 9.47. The largest absolute Gasteiger partial charge is 0.382 e. The van der Waals surface area contributed by atoms with Crippen molar-refractivity contribution in [3.05, 3.63) is 59.4 Å². The first-order valence-corrected chi connectivity index (χ1v) is 9.41. The average molecular weight is 375 g/mol. The molecule has 0 aliphatic rings. The standard InChI is InChI=1S/C19H17N7S/c20-11-14-15(25-26(18(14)21)13-5-2-1-3-6-13)7-4-9-22-19-17-16(8-10-27-17)23-12-24-19/h1-3,5-6,8,10,12H,4,7,9,21H2,(H,22,23,24). The van der Waals surface area contributed by atoms with E-state index in [9.17, 15) is 5.26 Å². The number of para-hydroxylation sites is 1.